The number of rotatable bonds is 2. The first kappa shape index (κ1) is 13.1. The van der Waals surface area contributed by atoms with Crippen LogP contribution >= 0.6 is 0 Å². The van der Waals surface area contributed by atoms with E-state index in [1.165, 1.54) is 5.56 Å². The average Bonchev–Trinajstić information content (AvgIpc) is 2.41. The van der Waals surface area contributed by atoms with Gasteiger partial charge in [-0.05, 0) is 49.7 Å². The van der Waals surface area contributed by atoms with Gasteiger partial charge in [0.05, 0.1) is 0 Å². The number of hydrogen-bond donors (Lipinski definition) is 1. The van der Waals surface area contributed by atoms with Crippen molar-refractivity contribution in [2.24, 2.45) is 0 Å². The fourth-order valence-electron chi connectivity index (χ4n) is 1.89. The summed E-state index contributed by atoms with van der Waals surface area (Å²) in [5.41, 5.74) is 10.1. The first-order valence-electron chi connectivity index (χ1n) is 6.20. The standard InChI is InChI=1S/C16H18N2O/c1-11-4-7-14(8-5-11)18(3)16(19)13-6-9-15(17)12(2)10-13/h4-10H,17H2,1-3H3. The van der Waals surface area contributed by atoms with E-state index in [2.05, 4.69) is 0 Å². The van der Waals surface area contributed by atoms with Gasteiger partial charge >= 0.3 is 0 Å². The van der Waals surface area contributed by atoms with Crippen molar-refractivity contribution in [3.63, 3.8) is 0 Å². The zero-order chi connectivity index (χ0) is 14.0. The van der Waals surface area contributed by atoms with Gasteiger partial charge in [0.2, 0.25) is 0 Å². The van der Waals surface area contributed by atoms with Gasteiger partial charge in [-0.3, -0.25) is 4.79 Å². The SMILES string of the molecule is Cc1ccc(N(C)C(=O)c2ccc(N)c(C)c2)cc1. The lowest BCUT2D eigenvalue weighted by molar-refractivity contribution is 0.0993. The van der Waals surface area contributed by atoms with Crippen LogP contribution in [0, 0.1) is 13.8 Å². The Hall–Kier alpha value is -2.29. The maximum absolute atomic E-state index is 12.4. The lowest BCUT2D eigenvalue weighted by Crippen LogP contribution is -2.26. The van der Waals surface area contributed by atoms with Gasteiger partial charge in [0.1, 0.15) is 0 Å². The molecule has 0 saturated carbocycles. The molecule has 3 heteroatoms. The summed E-state index contributed by atoms with van der Waals surface area (Å²) in [6.45, 7) is 3.92. The van der Waals surface area contributed by atoms with Crippen LogP contribution in [0.3, 0.4) is 0 Å². The van der Waals surface area contributed by atoms with Crippen molar-refractivity contribution in [3.8, 4) is 0 Å². The Kier molecular flexibility index (Phi) is 3.56. The maximum atomic E-state index is 12.4. The third-order valence-electron chi connectivity index (χ3n) is 3.24. The van der Waals surface area contributed by atoms with Crippen molar-refractivity contribution < 1.29 is 4.79 Å². The number of benzene rings is 2. The minimum Gasteiger partial charge on any atom is -0.399 e. The Morgan fingerprint density at radius 3 is 2.26 bits per heavy atom. The number of carbonyl (C=O) groups excluding carboxylic acids is 1. The molecule has 0 aliphatic heterocycles. The summed E-state index contributed by atoms with van der Waals surface area (Å²) >= 11 is 0. The second-order valence-electron chi connectivity index (χ2n) is 4.77. The molecule has 19 heavy (non-hydrogen) atoms. The molecule has 2 rings (SSSR count). The van der Waals surface area contributed by atoms with Crippen molar-refractivity contribution in [2.75, 3.05) is 17.7 Å². The lowest BCUT2D eigenvalue weighted by atomic mass is 10.1. The van der Waals surface area contributed by atoms with Crippen molar-refractivity contribution in [2.45, 2.75) is 13.8 Å². The van der Waals surface area contributed by atoms with Gasteiger partial charge in [-0.1, -0.05) is 17.7 Å². The highest BCUT2D eigenvalue weighted by Crippen LogP contribution is 2.18. The Bertz CT molecular complexity index is 603. The van der Waals surface area contributed by atoms with E-state index in [0.29, 0.717) is 11.3 Å². The Morgan fingerprint density at radius 1 is 1.05 bits per heavy atom. The predicted molar refractivity (Wildman–Crippen MR) is 79.5 cm³/mol. The topological polar surface area (TPSA) is 46.3 Å². The highest BCUT2D eigenvalue weighted by molar-refractivity contribution is 6.06. The van der Waals surface area contributed by atoms with E-state index >= 15 is 0 Å². The van der Waals surface area contributed by atoms with Crippen LogP contribution < -0.4 is 10.6 Å². The number of hydrogen-bond acceptors (Lipinski definition) is 2. The molecule has 0 aromatic heterocycles. The smallest absolute Gasteiger partial charge is 0.258 e. The van der Waals surface area contributed by atoms with Crippen LogP contribution in [0.1, 0.15) is 21.5 Å². The minimum absolute atomic E-state index is 0.0352. The van der Waals surface area contributed by atoms with E-state index in [1.807, 2.05) is 44.2 Å². The number of carbonyl (C=O) groups is 1. The van der Waals surface area contributed by atoms with Crippen LogP contribution in [-0.4, -0.2) is 13.0 Å². The molecule has 0 radical (unpaired) electrons. The van der Waals surface area contributed by atoms with Gasteiger partial charge < -0.3 is 10.6 Å². The minimum atomic E-state index is -0.0352. The third kappa shape index (κ3) is 2.76. The molecule has 0 aliphatic rings. The molecule has 0 fully saturated rings. The second kappa shape index (κ2) is 5.14. The molecule has 3 nitrogen and oxygen atoms in total. The van der Waals surface area contributed by atoms with E-state index in [1.54, 1.807) is 24.1 Å². The number of nitrogens with zero attached hydrogens (tertiary/aromatic N) is 1. The van der Waals surface area contributed by atoms with Crippen LogP contribution in [-0.2, 0) is 0 Å². The molecule has 0 spiro atoms. The van der Waals surface area contributed by atoms with Crippen LogP contribution in [0.5, 0.6) is 0 Å². The highest BCUT2D eigenvalue weighted by Gasteiger charge is 2.13. The molecule has 0 atom stereocenters. The van der Waals surface area contributed by atoms with Crippen LogP contribution in [0.2, 0.25) is 0 Å². The number of nitrogen functional groups attached to an aromatic ring is 1. The van der Waals surface area contributed by atoms with Gasteiger partial charge in [-0.2, -0.15) is 0 Å². The molecule has 2 N–H and O–H groups in total. The van der Waals surface area contributed by atoms with E-state index < -0.39 is 0 Å². The Labute approximate surface area is 113 Å². The zero-order valence-corrected chi connectivity index (χ0v) is 11.5. The van der Waals surface area contributed by atoms with Gasteiger partial charge in [0.15, 0.2) is 0 Å². The first-order valence-corrected chi connectivity index (χ1v) is 6.20. The molecular formula is C16H18N2O. The van der Waals surface area contributed by atoms with Crippen molar-refractivity contribution >= 4 is 17.3 Å². The summed E-state index contributed by atoms with van der Waals surface area (Å²) in [6, 6.07) is 13.2. The largest absolute Gasteiger partial charge is 0.399 e. The quantitative estimate of drug-likeness (QED) is 0.837. The Morgan fingerprint density at radius 2 is 1.68 bits per heavy atom. The number of amides is 1. The molecule has 0 heterocycles. The van der Waals surface area contributed by atoms with Gasteiger partial charge in [-0.25, -0.2) is 0 Å². The lowest BCUT2D eigenvalue weighted by Gasteiger charge is -2.18. The van der Waals surface area contributed by atoms with Gasteiger partial charge in [0, 0.05) is 24.0 Å². The Balaban J connectivity index is 2.28. The van der Waals surface area contributed by atoms with Crippen molar-refractivity contribution in [1.29, 1.82) is 0 Å². The summed E-state index contributed by atoms with van der Waals surface area (Å²) < 4.78 is 0. The normalized spacial score (nSPS) is 10.3. The molecule has 0 unspecified atom stereocenters. The van der Waals surface area contributed by atoms with Crippen LogP contribution in [0.4, 0.5) is 11.4 Å². The highest BCUT2D eigenvalue weighted by atomic mass is 16.2. The third-order valence-corrected chi connectivity index (χ3v) is 3.24. The number of aryl methyl sites for hydroxylation is 2. The van der Waals surface area contributed by atoms with Gasteiger partial charge in [0.25, 0.3) is 5.91 Å². The van der Waals surface area contributed by atoms with E-state index in [9.17, 15) is 4.79 Å². The summed E-state index contributed by atoms with van der Waals surface area (Å²) in [4.78, 5) is 14.0. The summed E-state index contributed by atoms with van der Waals surface area (Å²) in [6.07, 6.45) is 0. The second-order valence-corrected chi connectivity index (χ2v) is 4.77. The average molecular weight is 254 g/mol. The monoisotopic (exact) mass is 254 g/mol. The fourth-order valence-corrected chi connectivity index (χ4v) is 1.89. The molecular weight excluding hydrogens is 236 g/mol. The van der Waals surface area contributed by atoms with Crippen molar-refractivity contribution in [1.82, 2.24) is 0 Å². The summed E-state index contributed by atoms with van der Waals surface area (Å²) in [5, 5.41) is 0. The first-order chi connectivity index (χ1) is 8.99. The number of nitrogens with two attached hydrogens (primary N) is 1. The van der Waals surface area contributed by atoms with E-state index in [-0.39, 0.29) is 5.91 Å². The molecule has 98 valence electrons. The van der Waals surface area contributed by atoms with Crippen molar-refractivity contribution in [3.05, 3.63) is 59.2 Å². The summed E-state index contributed by atoms with van der Waals surface area (Å²) in [5.74, 6) is -0.0352. The molecule has 0 bridgehead atoms. The molecule has 0 aliphatic carbocycles. The van der Waals surface area contributed by atoms with Gasteiger partial charge in [-0.15, -0.1) is 0 Å². The van der Waals surface area contributed by atoms with E-state index in [0.717, 1.165) is 11.3 Å². The van der Waals surface area contributed by atoms with Crippen LogP contribution in [0.25, 0.3) is 0 Å². The maximum Gasteiger partial charge on any atom is 0.258 e. The molecule has 0 saturated heterocycles. The fraction of sp³-hybridized carbons (Fsp3) is 0.188. The van der Waals surface area contributed by atoms with E-state index in [4.69, 9.17) is 5.73 Å². The zero-order valence-electron chi connectivity index (χ0n) is 11.5. The predicted octanol–water partition coefficient (Wildman–Crippen LogP) is 3.16. The molecule has 2 aromatic carbocycles. The van der Waals surface area contributed by atoms with Crippen LogP contribution in [0.15, 0.2) is 42.5 Å². The molecule has 1 amide bonds. The summed E-state index contributed by atoms with van der Waals surface area (Å²) in [7, 11) is 1.78. The molecule has 2 aromatic rings. The number of anilines is 2.